The monoisotopic (exact) mass is 287 g/mol. The Hall–Kier alpha value is -1.90. The lowest BCUT2D eigenvalue weighted by atomic mass is 9.68. The molecular weight excluding hydrogens is 262 g/mol. The SMILES string of the molecule is CC.CC1(C)C=CCC1(C)C(=O)Nc1ccccc1C=O. The largest absolute Gasteiger partial charge is 0.325 e. The smallest absolute Gasteiger partial charge is 0.231 e. The van der Waals surface area contributed by atoms with Crippen molar-refractivity contribution in [2.24, 2.45) is 10.8 Å². The normalized spacial score (nSPS) is 22.1. The second-order valence-corrected chi connectivity index (χ2v) is 5.82. The van der Waals surface area contributed by atoms with E-state index in [1.165, 1.54) is 0 Å². The quantitative estimate of drug-likeness (QED) is 0.659. The van der Waals surface area contributed by atoms with E-state index in [1.54, 1.807) is 18.2 Å². The van der Waals surface area contributed by atoms with Crippen molar-refractivity contribution in [1.29, 1.82) is 0 Å². The number of para-hydroxylation sites is 1. The Labute approximate surface area is 127 Å². The number of carbonyl (C=O) groups is 2. The number of aldehydes is 1. The zero-order valence-electron chi connectivity index (χ0n) is 13.6. The Balaban J connectivity index is 0.00000106. The van der Waals surface area contributed by atoms with Crippen molar-refractivity contribution in [3.63, 3.8) is 0 Å². The van der Waals surface area contributed by atoms with Gasteiger partial charge in [0.05, 0.1) is 11.1 Å². The number of allylic oxidation sites excluding steroid dienone is 2. The standard InChI is InChI=1S/C16H19NO2.C2H6/c1-15(2)9-6-10-16(15,3)14(19)17-13-8-5-4-7-12(13)11-18;1-2/h4-9,11H,10H2,1-3H3,(H,17,19);1-2H3. The van der Waals surface area contributed by atoms with E-state index < -0.39 is 5.41 Å². The molecule has 3 nitrogen and oxygen atoms in total. The van der Waals surface area contributed by atoms with Crippen LogP contribution in [0.15, 0.2) is 36.4 Å². The van der Waals surface area contributed by atoms with E-state index in [0.717, 1.165) is 12.7 Å². The molecule has 0 spiro atoms. The van der Waals surface area contributed by atoms with Crippen LogP contribution in [-0.4, -0.2) is 12.2 Å². The Morgan fingerprint density at radius 3 is 2.33 bits per heavy atom. The van der Waals surface area contributed by atoms with E-state index in [-0.39, 0.29) is 11.3 Å². The van der Waals surface area contributed by atoms with Gasteiger partial charge in [0.2, 0.25) is 5.91 Å². The summed E-state index contributed by atoms with van der Waals surface area (Å²) in [4.78, 5) is 23.5. The van der Waals surface area contributed by atoms with Gasteiger partial charge < -0.3 is 5.32 Å². The molecule has 21 heavy (non-hydrogen) atoms. The summed E-state index contributed by atoms with van der Waals surface area (Å²) in [6.45, 7) is 10.1. The molecule has 114 valence electrons. The van der Waals surface area contributed by atoms with Crippen LogP contribution in [0.5, 0.6) is 0 Å². The number of hydrogen-bond donors (Lipinski definition) is 1. The summed E-state index contributed by atoms with van der Waals surface area (Å²) in [5.74, 6) is -0.0446. The molecule has 0 radical (unpaired) electrons. The lowest BCUT2D eigenvalue weighted by Gasteiger charge is -2.36. The van der Waals surface area contributed by atoms with Gasteiger partial charge in [-0.2, -0.15) is 0 Å². The lowest BCUT2D eigenvalue weighted by molar-refractivity contribution is -0.128. The van der Waals surface area contributed by atoms with E-state index in [4.69, 9.17) is 0 Å². The molecule has 2 rings (SSSR count). The average molecular weight is 287 g/mol. The van der Waals surface area contributed by atoms with Crippen LogP contribution in [-0.2, 0) is 4.79 Å². The summed E-state index contributed by atoms with van der Waals surface area (Å²) in [7, 11) is 0. The van der Waals surface area contributed by atoms with Crippen molar-refractivity contribution in [2.45, 2.75) is 41.0 Å². The van der Waals surface area contributed by atoms with Crippen molar-refractivity contribution in [3.8, 4) is 0 Å². The summed E-state index contributed by atoms with van der Waals surface area (Å²) in [5.41, 5.74) is 0.408. The highest BCUT2D eigenvalue weighted by Crippen LogP contribution is 2.48. The Morgan fingerprint density at radius 2 is 1.81 bits per heavy atom. The second-order valence-electron chi connectivity index (χ2n) is 5.82. The molecule has 1 aliphatic carbocycles. The first-order valence-corrected chi connectivity index (χ1v) is 7.44. The number of rotatable bonds is 3. The predicted octanol–water partition coefficient (Wildman–Crippen LogP) is 4.46. The fourth-order valence-electron chi connectivity index (χ4n) is 2.40. The fraction of sp³-hybridized carbons (Fsp3) is 0.444. The van der Waals surface area contributed by atoms with Gasteiger partial charge in [0, 0.05) is 5.56 Å². The summed E-state index contributed by atoms with van der Waals surface area (Å²) in [6, 6.07) is 7.04. The van der Waals surface area contributed by atoms with Crippen LogP contribution in [0.4, 0.5) is 5.69 Å². The molecule has 0 fully saturated rings. The average Bonchev–Trinajstić information content (AvgIpc) is 2.76. The maximum Gasteiger partial charge on any atom is 0.231 e. The van der Waals surface area contributed by atoms with Crippen LogP contribution < -0.4 is 5.32 Å². The zero-order chi connectivity index (χ0) is 16.1. The first-order valence-electron chi connectivity index (χ1n) is 7.44. The van der Waals surface area contributed by atoms with Crippen LogP contribution in [0.3, 0.4) is 0 Å². The summed E-state index contributed by atoms with van der Waals surface area (Å²) in [6.07, 6.45) is 5.61. The van der Waals surface area contributed by atoms with E-state index in [0.29, 0.717) is 11.3 Å². The van der Waals surface area contributed by atoms with E-state index in [9.17, 15) is 9.59 Å². The number of hydrogen-bond acceptors (Lipinski definition) is 2. The Kier molecular flexibility index (Phi) is 5.47. The summed E-state index contributed by atoms with van der Waals surface area (Å²) < 4.78 is 0. The van der Waals surface area contributed by atoms with Crippen LogP contribution >= 0.6 is 0 Å². The molecule has 0 heterocycles. The first kappa shape index (κ1) is 17.2. The van der Waals surface area contributed by atoms with Gasteiger partial charge >= 0.3 is 0 Å². The van der Waals surface area contributed by atoms with Gasteiger partial charge in [0.25, 0.3) is 0 Å². The minimum absolute atomic E-state index is 0.0446. The summed E-state index contributed by atoms with van der Waals surface area (Å²) in [5, 5.41) is 2.89. The Bertz CT molecular complexity index is 546. The van der Waals surface area contributed by atoms with Gasteiger partial charge in [-0.25, -0.2) is 0 Å². The molecule has 1 atom stereocenters. The maximum atomic E-state index is 12.6. The summed E-state index contributed by atoms with van der Waals surface area (Å²) >= 11 is 0. The van der Waals surface area contributed by atoms with Crippen molar-refractivity contribution in [3.05, 3.63) is 42.0 Å². The molecule has 1 aromatic carbocycles. The number of anilines is 1. The van der Waals surface area contributed by atoms with Gasteiger partial charge in [-0.05, 0) is 30.9 Å². The zero-order valence-corrected chi connectivity index (χ0v) is 13.6. The van der Waals surface area contributed by atoms with E-state index in [2.05, 4.69) is 25.2 Å². The number of nitrogens with one attached hydrogen (secondary N) is 1. The highest BCUT2D eigenvalue weighted by molar-refractivity contribution is 6.00. The highest BCUT2D eigenvalue weighted by Gasteiger charge is 2.47. The molecule has 1 amide bonds. The molecule has 0 bridgehead atoms. The van der Waals surface area contributed by atoms with E-state index >= 15 is 0 Å². The lowest BCUT2D eigenvalue weighted by Crippen LogP contribution is -2.41. The van der Waals surface area contributed by atoms with Gasteiger partial charge in [0.15, 0.2) is 6.29 Å². The second kappa shape index (κ2) is 6.70. The van der Waals surface area contributed by atoms with Gasteiger partial charge in [-0.15, -0.1) is 0 Å². The first-order chi connectivity index (χ1) is 9.90. The Morgan fingerprint density at radius 1 is 1.19 bits per heavy atom. The molecule has 1 aromatic rings. The molecule has 0 saturated heterocycles. The van der Waals surface area contributed by atoms with Gasteiger partial charge in [-0.3, -0.25) is 9.59 Å². The van der Waals surface area contributed by atoms with Crippen LogP contribution in [0.25, 0.3) is 0 Å². The maximum absolute atomic E-state index is 12.6. The number of benzene rings is 1. The molecule has 3 heteroatoms. The minimum atomic E-state index is -0.483. The molecular formula is C18H25NO2. The highest BCUT2D eigenvalue weighted by atomic mass is 16.2. The van der Waals surface area contributed by atoms with Gasteiger partial charge in [0.1, 0.15) is 0 Å². The predicted molar refractivity (Wildman–Crippen MR) is 87.5 cm³/mol. The third kappa shape index (κ3) is 3.23. The van der Waals surface area contributed by atoms with Gasteiger partial charge in [-0.1, -0.05) is 52.0 Å². The molecule has 0 aliphatic heterocycles. The molecule has 1 aliphatic rings. The number of carbonyl (C=O) groups excluding carboxylic acids is 2. The van der Waals surface area contributed by atoms with Crippen molar-refractivity contribution in [2.75, 3.05) is 5.32 Å². The van der Waals surface area contributed by atoms with Crippen molar-refractivity contribution >= 4 is 17.9 Å². The molecule has 0 saturated carbocycles. The van der Waals surface area contributed by atoms with Crippen molar-refractivity contribution < 1.29 is 9.59 Å². The third-order valence-corrected chi connectivity index (χ3v) is 4.32. The van der Waals surface area contributed by atoms with Crippen LogP contribution in [0.2, 0.25) is 0 Å². The topological polar surface area (TPSA) is 46.2 Å². The third-order valence-electron chi connectivity index (χ3n) is 4.32. The number of amides is 1. The van der Waals surface area contributed by atoms with Crippen LogP contribution in [0.1, 0.15) is 51.4 Å². The molecule has 0 aromatic heterocycles. The van der Waals surface area contributed by atoms with Crippen LogP contribution in [0, 0.1) is 10.8 Å². The van der Waals surface area contributed by atoms with Crippen molar-refractivity contribution in [1.82, 2.24) is 0 Å². The molecule has 1 unspecified atom stereocenters. The minimum Gasteiger partial charge on any atom is -0.325 e. The van der Waals surface area contributed by atoms with E-state index in [1.807, 2.05) is 32.9 Å². The molecule has 1 N–H and O–H groups in total. The fourth-order valence-corrected chi connectivity index (χ4v) is 2.40.